The first kappa shape index (κ1) is 9.24. The highest BCUT2D eigenvalue weighted by Crippen LogP contribution is 2.25. The Kier molecular flexibility index (Phi) is 2.85. The van der Waals surface area contributed by atoms with Crippen LogP contribution in [0.5, 0.6) is 0 Å². The highest BCUT2D eigenvalue weighted by atomic mass is 32.1. The van der Waals surface area contributed by atoms with Crippen molar-refractivity contribution in [2.45, 2.75) is 25.8 Å². The average Bonchev–Trinajstić information content (AvgIpc) is 2.51. The highest BCUT2D eigenvalue weighted by Gasteiger charge is 2.08. The maximum absolute atomic E-state index is 8.57. The standard InChI is InChI=1S/C9H12N2S/c1-6(2)9-3-7(5-12-9)8(11)4-10/h3,5-6,8H,11H2,1-2H3. The number of nitrogens with two attached hydrogens (primary N) is 1. The summed E-state index contributed by atoms with van der Waals surface area (Å²) in [7, 11) is 0. The second-order valence-electron chi connectivity index (χ2n) is 3.04. The number of nitriles is 1. The largest absolute Gasteiger partial charge is 0.312 e. The van der Waals surface area contributed by atoms with E-state index < -0.39 is 6.04 Å². The third-order valence-electron chi connectivity index (χ3n) is 1.71. The smallest absolute Gasteiger partial charge is 0.119 e. The fraction of sp³-hybridized carbons (Fsp3) is 0.444. The maximum atomic E-state index is 8.57. The predicted octanol–water partition coefficient (Wildman–Crippen LogP) is 2.39. The Morgan fingerprint density at radius 2 is 2.25 bits per heavy atom. The van der Waals surface area contributed by atoms with Crippen molar-refractivity contribution >= 4 is 11.3 Å². The van der Waals surface area contributed by atoms with Gasteiger partial charge in [-0.1, -0.05) is 13.8 Å². The molecule has 1 unspecified atom stereocenters. The molecule has 0 radical (unpaired) electrons. The van der Waals surface area contributed by atoms with Crippen molar-refractivity contribution in [3.63, 3.8) is 0 Å². The van der Waals surface area contributed by atoms with Crippen LogP contribution in [0.25, 0.3) is 0 Å². The molecule has 0 spiro atoms. The van der Waals surface area contributed by atoms with Crippen molar-refractivity contribution in [2.24, 2.45) is 5.73 Å². The van der Waals surface area contributed by atoms with E-state index in [0.717, 1.165) is 5.56 Å². The minimum absolute atomic E-state index is 0.464. The Balaban J connectivity index is 2.86. The summed E-state index contributed by atoms with van der Waals surface area (Å²) in [5.41, 5.74) is 6.49. The molecule has 0 bridgehead atoms. The molecular weight excluding hydrogens is 168 g/mol. The molecule has 0 aliphatic rings. The Morgan fingerprint density at radius 3 is 2.67 bits per heavy atom. The molecule has 0 aliphatic carbocycles. The molecule has 1 aromatic heterocycles. The van der Waals surface area contributed by atoms with Gasteiger partial charge in [-0.15, -0.1) is 11.3 Å². The van der Waals surface area contributed by atoms with Gasteiger partial charge in [0.15, 0.2) is 0 Å². The third kappa shape index (κ3) is 1.84. The van der Waals surface area contributed by atoms with Gasteiger partial charge in [-0.05, 0) is 22.9 Å². The Morgan fingerprint density at radius 1 is 1.58 bits per heavy atom. The summed E-state index contributed by atoms with van der Waals surface area (Å²) in [5.74, 6) is 0.523. The molecule has 2 nitrogen and oxygen atoms in total. The second kappa shape index (κ2) is 3.70. The number of nitrogens with zero attached hydrogens (tertiary/aromatic N) is 1. The molecule has 3 heteroatoms. The summed E-state index contributed by atoms with van der Waals surface area (Å²) in [5, 5.41) is 10.5. The zero-order valence-electron chi connectivity index (χ0n) is 7.24. The number of rotatable bonds is 2. The van der Waals surface area contributed by atoms with Gasteiger partial charge >= 0.3 is 0 Å². The molecule has 0 saturated carbocycles. The van der Waals surface area contributed by atoms with Crippen LogP contribution in [-0.2, 0) is 0 Å². The lowest BCUT2D eigenvalue weighted by atomic mass is 10.1. The van der Waals surface area contributed by atoms with Crippen LogP contribution < -0.4 is 5.73 Å². The van der Waals surface area contributed by atoms with Crippen LogP contribution in [0.2, 0.25) is 0 Å². The summed E-state index contributed by atoms with van der Waals surface area (Å²) >= 11 is 1.67. The van der Waals surface area contributed by atoms with Gasteiger partial charge in [0.05, 0.1) is 6.07 Å². The van der Waals surface area contributed by atoms with E-state index in [0.29, 0.717) is 5.92 Å². The normalized spacial score (nSPS) is 12.9. The van der Waals surface area contributed by atoms with Gasteiger partial charge in [0.2, 0.25) is 0 Å². The van der Waals surface area contributed by atoms with Gasteiger partial charge in [-0.25, -0.2) is 0 Å². The molecule has 1 heterocycles. The van der Waals surface area contributed by atoms with Crippen LogP contribution in [-0.4, -0.2) is 0 Å². The van der Waals surface area contributed by atoms with Crippen LogP contribution in [0.3, 0.4) is 0 Å². The molecule has 0 aliphatic heterocycles. The molecule has 12 heavy (non-hydrogen) atoms. The van der Waals surface area contributed by atoms with Gasteiger partial charge < -0.3 is 5.73 Å². The first-order valence-corrected chi connectivity index (χ1v) is 4.76. The van der Waals surface area contributed by atoms with Crippen molar-refractivity contribution < 1.29 is 0 Å². The number of hydrogen-bond donors (Lipinski definition) is 1. The fourth-order valence-electron chi connectivity index (χ4n) is 0.909. The zero-order valence-corrected chi connectivity index (χ0v) is 8.06. The van der Waals surface area contributed by atoms with E-state index in [9.17, 15) is 0 Å². The molecule has 1 aromatic rings. The van der Waals surface area contributed by atoms with E-state index in [4.69, 9.17) is 11.0 Å². The molecule has 0 fully saturated rings. The van der Waals surface area contributed by atoms with Crippen LogP contribution in [0.15, 0.2) is 11.4 Å². The molecule has 2 N–H and O–H groups in total. The monoisotopic (exact) mass is 180 g/mol. The van der Waals surface area contributed by atoms with Gasteiger partial charge in [-0.2, -0.15) is 5.26 Å². The lowest BCUT2D eigenvalue weighted by Gasteiger charge is -1.98. The first-order valence-electron chi connectivity index (χ1n) is 3.88. The molecule has 0 aromatic carbocycles. The predicted molar refractivity (Wildman–Crippen MR) is 50.9 cm³/mol. The lowest BCUT2D eigenvalue weighted by molar-refractivity contribution is 0.879. The third-order valence-corrected chi connectivity index (χ3v) is 2.96. The van der Waals surface area contributed by atoms with Crippen LogP contribution in [0.1, 0.15) is 36.2 Å². The lowest BCUT2D eigenvalue weighted by Crippen LogP contribution is -2.05. The Labute approximate surface area is 76.6 Å². The van der Waals surface area contributed by atoms with Gasteiger partial charge in [0, 0.05) is 4.88 Å². The summed E-state index contributed by atoms with van der Waals surface area (Å²) < 4.78 is 0. The molecule has 1 atom stereocenters. The Hall–Kier alpha value is -0.850. The molecule has 64 valence electrons. The van der Waals surface area contributed by atoms with Crippen molar-refractivity contribution in [1.82, 2.24) is 0 Å². The number of thiophene rings is 1. The van der Waals surface area contributed by atoms with Crippen molar-refractivity contribution in [3.8, 4) is 6.07 Å². The second-order valence-corrected chi connectivity index (χ2v) is 3.99. The van der Waals surface area contributed by atoms with Crippen molar-refractivity contribution in [2.75, 3.05) is 0 Å². The van der Waals surface area contributed by atoms with E-state index in [-0.39, 0.29) is 0 Å². The van der Waals surface area contributed by atoms with Crippen LogP contribution in [0, 0.1) is 11.3 Å². The van der Waals surface area contributed by atoms with E-state index >= 15 is 0 Å². The van der Waals surface area contributed by atoms with Crippen molar-refractivity contribution in [1.29, 1.82) is 5.26 Å². The Bertz CT molecular complexity index is 296. The molecule has 0 amide bonds. The fourth-order valence-corrected chi connectivity index (χ4v) is 1.87. The molecule has 0 saturated heterocycles. The van der Waals surface area contributed by atoms with Gasteiger partial charge in [0.1, 0.15) is 6.04 Å². The van der Waals surface area contributed by atoms with E-state index in [1.165, 1.54) is 4.88 Å². The van der Waals surface area contributed by atoms with Crippen LogP contribution in [0.4, 0.5) is 0 Å². The molecule has 1 rings (SSSR count). The minimum Gasteiger partial charge on any atom is -0.312 e. The van der Waals surface area contributed by atoms with Gasteiger partial charge in [0.25, 0.3) is 0 Å². The summed E-state index contributed by atoms with van der Waals surface area (Å²) in [6.45, 7) is 4.26. The average molecular weight is 180 g/mol. The highest BCUT2D eigenvalue weighted by molar-refractivity contribution is 7.10. The van der Waals surface area contributed by atoms with E-state index in [2.05, 4.69) is 13.8 Å². The van der Waals surface area contributed by atoms with Crippen molar-refractivity contribution in [3.05, 3.63) is 21.9 Å². The van der Waals surface area contributed by atoms with E-state index in [1.807, 2.05) is 17.5 Å². The van der Waals surface area contributed by atoms with E-state index in [1.54, 1.807) is 11.3 Å². The minimum atomic E-state index is -0.464. The molecular formula is C9H12N2S. The topological polar surface area (TPSA) is 49.8 Å². The summed E-state index contributed by atoms with van der Waals surface area (Å²) in [6.07, 6.45) is 0. The first-order chi connectivity index (χ1) is 5.65. The quantitative estimate of drug-likeness (QED) is 0.759. The maximum Gasteiger partial charge on any atom is 0.119 e. The summed E-state index contributed by atoms with van der Waals surface area (Å²) in [4.78, 5) is 1.29. The SMILES string of the molecule is CC(C)c1cc(C(N)C#N)cs1. The zero-order chi connectivity index (χ0) is 9.14. The van der Waals surface area contributed by atoms with Gasteiger partial charge in [-0.3, -0.25) is 0 Å². The van der Waals surface area contributed by atoms with Crippen LogP contribution >= 0.6 is 11.3 Å². The number of hydrogen-bond acceptors (Lipinski definition) is 3. The summed E-state index contributed by atoms with van der Waals surface area (Å²) in [6, 6.07) is 3.57.